The Kier molecular flexibility index (Phi) is 3.74. The van der Waals surface area contributed by atoms with E-state index in [4.69, 9.17) is 16.6 Å². The van der Waals surface area contributed by atoms with Crippen molar-refractivity contribution in [1.29, 1.82) is 0 Å². The first-order valence-electron chi connectivity index (χ1n) is 7.51. The molecule has 1 aliphatic rings. The topological polar surface area (TPSA) is 29.9 Å². The standard InChI is InChI=1S/C16H22ClN3/c1-3-9-20-14-10-12(17)5-6-13(14)19-15(20)16(2)7-4-8-18-11-16/h5-6,10,18H,3-4,7-9,11H2,1-2H3. The SMILES string of the molecule is CCCn1c(C2(C)CCCNC2)nc2ccc(Cl)cc21. The summed E-state index contributed by atoms with van der Waals surface area (Å²) in [5.74, 6) is 1.21. The molecule has 20 heavy (non-hydrogen) atoms. The van der Waals surface area contributed by atoms with Crippen LogP contribution in [0.2, 0.25) is 5.02 Å². The van der Waals surface area contributed by atoms with Crippen molar-refractivity contribution < 1.29 is 0 Å². The maximum atomic E-state index is 6.17. The zero-order chi connectivity index (χ0) is 14.2. The van der Waals surface area contributed by atoms with Crippen LogP contribution < -0.4 is 5.32 Å². The molecule has 2 aromatic rings. The highest BCUT2D eigenvalue weighted by atomic mass is 35.5. The maximum absolute atomic E-state index is 6.17. The Morgan fingerprint density at radius 1 is 1.45 bits per heavy atom. The van der Waals surface area contributed by atoms with E-state index in [-0.39, 0.29) is 5.41 Å². The lowest BCUT2D eigenvalue weighted by Crippen LogP contribution is -2.42. The summed E-state index contributed by atoms with van der Waals surface area (Å²) < 4.78 is 2.37. The van der Waals surface area contributed by atoms with Gasteiger partial charge in [0.25, 0.3) is 0 Å². The Bertz CT molecular complexity index is 611. The quantitative estimate of drug-likeness (QED) is 0.933. The molecule has 0 amide bonds. The van der Waals surface area contributed by atoms with Gasteiger partial charge in [0.15, 0.2) is 0 Å². The molecule has 3 nitrogen and oxygen atoms in total. The van der Waals surface area contributed by atoms with E-state index in [0.717, 1.165) is 36.6 Å². The van der Waals surface area contributed by atoms with Crippen molar-refractivity contribution in [3.63, 3.8) is 0 Å². The third-order valence-electron chi connectivity index (χ3n) is 4.29. The zero-order valence-electron chi connectivity index (χ0n) is 12.2. The van der Waals surface area contributed by atoms with Crippen molar-refractivity contribution >= 4 is 22.6 Å². The fourth-order valence-corrected chi connectivity index (χ4v) is 3.42. The Balaban J connectivity index is 2.15. The van der Waals surface area contributed by atoms with Crippen LogP contribution in [-0.2, 0) is 12.0 Å². The summed E-state index contributed by atoms with van der Waals surface area (Å²) in [6.07, 6.45) is 3.52. The van der Waals surface area contributed by atoms with E-state index < -0.39 is 0 Å². The summed E-state index contributed by atoms with van der Waals surface area (Å²) in [5, 5.41) is 4.30. The van der Waals surface area contributed by atoms with Crippen LogP contribution in [-0.4, -0.2) is 22.6 Å². The van der Waals surface area contributed by atoms with Crippen molar-refractivity contribution in [2.45, 2.75) is 45.1 Å². The number of hydrogen-bond acceptors (Lipinski definition) is 2. The average Bonchev–Trinajstić information content (AvgIpc) is 2.79. The highest BCUT2D eigenvalue weighted by molar-refractivity contribution is 6.31. The van der Waals surface area contributed by atoms with Crippen LogP contribution >= 0.6 is 11.6 Å². The minimum Gasteiger partial charge on any atom is -0.327 e. The molecule has 0 saturated carbocycles. The molecule has 0 aliphatic carbocycles. The molecule has 1 unspecified atom stereocenters. The predicted octanol–water partition coefficient (Wildman–Crippen LogP) is 3.74. The first kappa shape index (κ1) is 13.9. The Morgan fingerprint density at radius 3 is 3.00 bits per heavy atom. The molecule has 1 aromatic carbocycles. The second-order valence-corrected chi connectivity index (χ2v) is 6.50. The largest absolute Gasteiger partial charge is 0.327 e. The number of hydrogen-bond donors (Lipinski definition) is 1. The number of nitrogens with one attached hydrogen (secondary N) is 1. The van der Waals surface area contributed by atoms with Gasteiger partial charge in [-0.1, -0.05) is 25.4 Å². The number of nitrogens with zero attached hydrogens (tertiary/aromatic N) is 2. The Hall–Kier alpha value is -1.06. The molecular weight excluding hydrogens is 270 g/mol. The van der Waals surface area contributed by atoms with E-state index in [1.54, 1.807) is 0 Å². The summed E-state index contributed by atoms with van der Waals surface area (Å²) in [7, 11) is 0. The number of piperidine rings is 1. The van der Waals surface area contributed by atoms with Gasteiger partial charge in [-0.25, -0.2) is 4.98 Å². The highest BCUT2D eigenvalue weighted by Crippen LogP contribution is 2.33. The molecule has 108 valence electrons. The van der Waals surface area contributed by atoms with Gasteiger partial charge in [-0.2, -0.15) is 0 Å². The molecule has 0 radical (unpaired) electrons. The van der Waals surface area contributed by atoms with E-state index in [1.807, 2.05) is 18.2 Å². The molecule has 1 N–H and O–H groups in total. The number of aromatic nitrogens is 2. The van der Waals surface area contributed by atoms with E-state index in [2.05, 4.69) is 23.7 Å². The van der Waals surface area contributed by atoms with E-state index >= 15 is 0 Å². The van der Waals surface area contributed by atoms with Crippen LogP contribution in [0.3, 0.4) is 0 Å². The van der Waals surface area contributed by atoms with Gasteiger partial charge >= 0.3 is 0 Å². The number of halogens is 1. The molecule has 1 aliphatic heterocycles. The lowest BCUT2D eigenvalue weighted by atomic mass is 9.82. The van der Waals surface area contributed by atoms with Gasteiger partial charge in [-0.15, -0.1) is 0 Å². The van der Waals surface area contributed by atoms with Crippen molar-refractivity contribution in [3.8, 4) is 0 Å². The van der Waals surface area contributed by atoms with Gasteiger partial charge in [0.1, 0.15) is 5.82 Å². The number of rotatable bonds is 3. The molecule has 2 heterocycles. The molecule has 1 fully saturated rings. The van der Waals surface area contributed by atoms with Crippen molar-refractivity contribution in [2.75, 3.05) is 13.1 Å². The number of imidazole rings is 1. The number of aryl methyl sites for hydroxylation is 1. The van der Waals surface area contributed by atoms with Crippen LogP contribution in [0.4, 0.5) is 0 Å². The minimum absolute atomic E-state index is 0.124. The van der Waals surface area contributed by atoms with E-state index in [0.29, 0.717) is 0 Å². The smallest absolute Gasteiger partial charge is 0.117 e. The van der Waals surface area contributed by atoms with Crippen molar-refractivity contribution in [3.05, 3.63) is 29.0 Å². The van der Waals surface area contributed by atoms with Gasteiger partial charge in [0.05, 0.1) is 11.0 Å². The molecule has 0 spiro atoms. The number of benzene rings is 1. The van der Waals surface area contributed by atoms with Crippen LogP contribution in [0.25, 0.3) is 11.0 Å². The van der Waals surface area contributed by atoms with Gasteiger partial charge in [0.2, 0.25) is 0 Å². The van der Waals surface area contributed by atoms with Crippen molar-refractivity contribution in [2.24, 2.45) is 0 Å². The molecule has 1 saturated heterocycles. The van der Waals surface area contributed by atoms with Crippen LogP contribution in [0.5, 0.6) is 0 Å². The van der Waals surface area contributed by atoms with Gasteiger partial charge in [-0.05, 0) is 44.0 Å². The van der Waals surface area contributed by atoms with Crippen molar-refractivity contribution in [1.82, 2.24) is 14.9 Å². The van der Waals surface area contributed by atoms with Crippen LogP contribution in [0.1, 0.15) is 38.9 Å². The summed E-state index contributed by atoms with van der Waals surface area (Å²) >= 11 is 6.17. The monoisotopic (exact) mass is 291 g/mol. The Morgan fingerprint density at radius 2 is 2.30 bits per heavy atom. The second-order valence-electron chi connectivity index (χ2n) is 6.06. The van der Waals surface area contributed by atoms with E-state index in [9.17, 15) is 0 Å². The molecule has 3 rings (SSSR count). The fourth-order valence-electron chi connectivity index (χ4n) is 3.25. The third-order valence-corrected chi connectivity index (χ3v) is 4.53. The summed E-state index contributed by atoms with van der Waals surface area (Å²) in [4.78, 5) is 4.93. The normalized spacial score (nSPS) is 23.4. The molecule has 4 heteroatoms. The average molecular weight is 292 g/mol. The van der Waals surface area contributed by atoms with Gasteiger partial charge in [-0.3, -0.25) is 0 Å². The predicted molar refractivity (Wildman–Crippen MR) is 84.5 cm³/mol. The maximum Gasteiger partial charge on any atom is 0.117 e. The fraction of sp³-hybridized carbons (Fsp3) is 0.562. The van der Waals surface area contributed by atoms with Crippen LogP contribution in [0, 0.1) is 0 Å². The zero-order valence-corrected chi connectivity index (χ0v) is 13.0. The highest BCUT2D eigenvalue weighted by Gasteiger charge is 2.33. The summed E-state index contributed by atoms with van der Waals surface area (Å²) in [6.45, 7) is 7.67. The molecule has 0 bridgehead atoms. The van der Waals surface area contributed by atoms with Gasteiger partial charge < -0.3 is 9.88 Å². The molecule has 1 atom stereocenters. The van der Waals surface area contributed by atoms with E-state index in [1.165, 1.54) is 24.2 Å². The lowest BCUT2D eigenvalue weighted by Gasteiger charge is -2.34. The summed E-state index contributed by atoms with van der Waals surface area (Å²) in [5.41, 5.74) is 2.35. The minimum atomic E-state index is 0.124. The number of fused-ring (bicyclic) bond motifs is 1. The molecular formula is C16H22ClN3. The molecule has 1 aromatic heterocycles. The lowest BCUT2D eigenvalue weighted by molar-refractivity contribution is 0.314. The van der Waals surface area contributed by atoms with Crippen LogP contribution in [0.15, 0.2) is 18.2 Å². The third kappa shape index (κ3) is 2.33. The summed E-state index contributed by atoms with van der Waals surface area (Å²) in [6, 6.07) is 6.01. The Labute approximate surface area is 125 Å². The first-order valence-corrected chi connectivity index (χ1v) is 7.89. The second kappa shape index (κ2) is 5.38. The van der Waals surface area contributed by atoms with Gasteiger partial charge in [0, 0.05) is 23.5 Å². The first-order chi connectivity index (χ1) is 9.64.